The molecule has 2 aliphatic rings. The first-order chi connectivity index (χ1) is 8.66. The van der Waals surface area contributed by atoms with Gasteiger partial charge in [-0.05, 0) is 38.6 Å². The summed E-state index contributed by atoms with van der Waals surface area (Å²) in [6.45, 7) is 9.05. The zero-order valence-corrected chi connectivity index (χ0v) is 11.5. The maximum Gasteiger partial charge on any atom is 0.169 e. The molecule has 0 spiro atoms. The maximum atomic E-state index is 3.92. The number of hydrazone groups is 1. The van der Waals surface area contributed by atoms with E-state index in [1.165, 1.54) is 12.0 Å². The Morgan fingerprint density at radius 3 is 3.06 bits per heavy atom. The topological polar surface area (TPSA) is 60.5 Å². The van der Waals surface area contributed by atoms with Crippen molar-refractivity contribution in [2.24, 2.45) is 16.9 Å². The van der Waals surface area contributed by atoms with Crippen molar-refractivity contribution in [3.63, 3.8) is 0 Å². The highest BCUT2D eigenvalue weighted by Gasteiger charge is 2.22. The van der Waals surface area contributed by atoms with Gasteiger partial charge in [-0.2, -0.15) is 5.10 Å². The minimum atomic E-state index is 0.0472. The van der Waals surface area contributed by atoms with E-state index in [9.17, 15) is 0 Å². The van der Waals surface area contributed by atoms with Crippen molar-refractivity contribution in [1.29, 1.82) is 0 Å². The molecular formula is C13H25N5. The highest BCUT2D eigenvalue weighted by Crippen LogP contribution is 2.25. The van der Waals surface area contributed by atoms with Crippen LogP contribution in [0.1, 0.15) is 27.2 Å². The van der Waals surface area contributed by atoms with Crippen molar-refractivity contribution < 1.29 is 0 Å². The van der Waals surface area contributed by atoms with Crippen LogP contribution in [0.5, 0.6) is 0 Å². The lowest BCUT2D eigenvalue weighted by Crippen LogP contribution is -2.49. The summed E-state index contributed by atoms with van der Waals surface area (Å²) in [5.41, 5.74) is 4.43. The fourth-order valence-electron chi connectivity index (χ4n) is 2.77. The van der Waals surface area contributed by atoms with Gasteiger partial charge in [-0.3, -0.25) is 10.7 Å². The molecule has 1 fully saturated rings. The molecule has 18 heavy (non-hydrogen) atoms. The molecule has 0 saturated carbocycles. The number of nitrogens with one attached hydrogen (secondary N) is 4. The van der Waals surface area contributed by atoms with Crippen molar-refractivity contribution >= 4 is 6.34 Å². The van der Waals surface area contributed by atoms with Gasteiger partial charge in [-0.25, -0.2) is 0 Å². The van der Waals surface area contributed by atoms with E-state index in [1.54, 1.807) is 6.34 Å². The van der Waals surface area contributed by atoms with Gasteiger partial charge in [0.2, 0.25) is 0 Å². The van der Waals surface area contributed by atoms with Crippen LogP contribution in [0.4, 0.5) is 0 Å². The molecule has 0 aromatic heterocycles. The smallest absolute Gasteiger partial charge is 0.169 e. The molecule has 4 atom stereocenters. The van der Waals surface area contributed by atoms with Gasteiger partial charge in [-0.15, -0.1) is 0 Å². The summed E-state index contributed by atoms with van der Waals surface area (Å²) >= 11 is 0. The van der Waals surface area contributed by atoms with E-state index >= 15 is 0 Å². The van der Waals surface area contributed by atoms with Crippen molar-refractivity contribution in [3.8, 4) is 0 Å². The lowest BCUT2D eigenvalue weighted by molar-refractivity contribution is 0.309. The molecule has 4 unspecified atom stereocenters. The summed E-state index contributed by atoms with van der Waals surface area (Å²) in [6.07, 6.45) is 5.33. The molecule has 5 heteroatoms. The Morgan fingerprint density at radius 1 is 1.56 bits per heavy atom. The minimum absolute atomic E-state index is 0.0472. The second kappa shape index (κ2) is 6.20. The first-order valence-corrected chi connectivity index (χ1v) is 6.85. The van der Waals surface area contributed by atoms with Crippen molar-refractivity contribution in [1.82, 2.24) is 21.4 Å². The zero-order valence-electron chi connectivity index (χ0n) is 11.5. The van der Waals surface area contributed by atoms with Crippen molar-refractivity contribution in [2.45, 2.75) is 39.5 Å². The van der Waals surface area contributed by atoms with Crippen LogP contribution in [0, 0.1) is 11.8 Å². The van der Waals surface area contributed by atoms with E-state index in [0.717, 1.165) is 19.0 Å². The molecule has 4 N–H and O–H groups in total. The largest absolute Gasteiger partial charge is 0.341 e. The highest BCUT2D eigenvalue weighted by atomic mass is 15.5. The van der Waals surface area contributed by atoms with Crippen LogP contribution in [0.3, 0.4) is 0 Å². The van der Waals surface area contributed by atoms with Crippen molar-refractivity contribution in [3.05, 3.63) is 11.6 Å². The molecule has 0 radical (unpaired) electrons. The Kier molecular flexibility index (Phi) is 4.60. The molecule has 0 aliphatic carbocycles. The number of rotatable bonds is 4. The Labute approximate surface area is 109 Å². The fraction of sp³-hybridized carbons (Fsp3) is 0.769. The third kappa shape index (κ3) is 3.46. The first-order valence-electron chi connectivity index (χ1n) is 6.85. The van der Waals surface area contributed by atoms with Gasteiger partial charge in [-0.1, -0.05) is 18.6 Å². The zero-order chi connectivity index (χ0) is 13.0. The Hall–Kier alpha value is -1.07. The van der Waals surface area contributed by atoms with E-state index in [4.69, 9.17) is 0 Å². The standard InChI is InChI=1S/C13H25N5/c1-9-4-5-14-7-12(9)10(2)6-11(3)17-13-15-8-16-18-13/h6,8-9,11-14,17-18H,4-5,7H2,1-3H3,(H,15,16)/b10-6+. The van der Waals surface area contributed by atoms with E-state index < -0.39 is 0 Å². The second-order valence-corrected chi connectivity index (χ2v) is 5.43. The molecule has 2 rings (SSSR count). The van der Waals surface area contributed by atoms with Crippen LogP contribution < -0.4 is 21.4 Å². The molecule has 0 amide bonds. The first kappa shape index (κ1) is 13.4. The van der Waals surface area contributed by atoms with Gasteiger partial charge in [0.1, 0.15) is 6.34 Å². The Bertz CT molecular complexity index is 317. The average Bonchev–Trinajstić information content (AvgIpc) is 2.82. The molecule has 1 saturated heterocycles. The quantitative estimate of drug-likeness (QED) is 0.552. The van der Waals surface area contributed by atoms with Gasteiger partial charge < -0.3 is 10.6 Å². The lowest BCUT2D eigenvalue weighted by atomic mass is 9.82. The second-order valence-electron chi connectivity index (χ2n) is 5.43. The maximum absolute atomic E-state index is 3.92. The summed E-state index contributed by atoms with van der Waals surface area (Å²) in [5, 5.41) is 13.9. The van der Waals surface area contributed by atoms with E-state index in [0.29, 0.717) is 12.0 Å². The summed E-state index contributed by atoms with van der Waals surface area (Å²) < 4.78 is 0. The minimum Gasteiger partial charge on any atom is -0.341 e. The van der Waals surface area contributed by atoms with Crippen LogP contribution in [0.15, 0.2) is 16.8 Å². The third-order valence-corrected chi connectivity index (χ3v) is 3.86. The molecule has 0 aromatic carbocycles. The fourth-order valence-corrected chi connectivity index (χ4v) is 2.77. The monoisotopic (exact) mass is 251 g/mol. The summed E-state index contributed by atoms with van der Waals surface area (Å²) in [5.74, 6) is 1.45. The highest BCUT2D eigenvalue weighted by molar-refractivity contribution is 5.55. The van der Waals surface area contributed by atoms with Gasteiger partial charge in [0.25, 0.3) is 0 Å². The predicted octanol–water partition coefficient (Wildman–Crippen LogP) is 0.576. The molecule has 5 nitrogen and oxygen atoms in total. The molecular weight excluding hydrogens is 226 g/mol. The number of piperidine rings is 1. The SMILES string of the molecule is C/C(=C\C(C)NC1NC=NN1)C1CNCCC1C. The molecule has 0 aromatic rings. The van der Waals surface area contributed by atoms with Gasteiger partial charge in [0.15, 0.2) is 6.29 Å². The van der Waals surface area contributed by atoms with Gasteiger partial charge in [0, 0.05) is 12.6 Å². The lowest BCUT2D eigenvalue weighted by Gasteiger charge is -2.31. The van der Waals surface area contributed by atoms with Crippen LogP contribution >= 0.6 is 0 Å². The summed E-state index contributed by atoms with van der Waals surface area (Å²) in [4.78, 5) is 0. The normalized spacial score (nSPS) is 33.9. The van der Waals surface area contributed by atoms with E-state index in [-0.39, 0.29) is 6.29 Å². The van der Waals surface area contributed by atoms with Gasteiger partial charge >= 0.3 is 0 Å². The average molecular weight is 251 g/mol. The third-order valence-electron chi connectivity index (χ3n) is 3.86. The molecule has 2 heterocycles. The predicted molar refractivity (Wildman–Crippen MR) is 75.0 cm³/mol. The van der Waals surface area contributed by atoms with Crippen LogP contribution in [0.25, 0.3) is 0 Å². The number of hydrogen-bond donors (Lipinski definition) is 4. The van der Waals surface area contributed by atoms with Crippen LogP contribution in [-0.2, 0) is 0 Å². The molecule has 0 bridgehead atoms. The van der Waals surface area contributed by atoms with E-state index in [2.05, 4.69) is 53.3 Å². The molecule has 2 aliphatic heterocycles. The summed E-state index contributed by atoms with van der Waals surface area (Å²) in [7, 11) is 0. The number of hydrogen-bond acceptors (Lipinski definition) is 5. The number of nitrogens with zero attached hydrogens (tertiary/aromatic N) is 1. The van der Waals surface area contributed by atoms with Crippen molar-refractivity contribution in [2.75, 3.05) is 13.1 Å². The van der Waals surface area contributed by atoms with Crippen LogP contribution in [-0.4, -0.2) is 31.8 Å². The van der Waals surface area contributed by atoms with Gasteiger partial charge in [0.05, 0.1) is 0 Å². The Balaban J connectivity index is 1.85. The Morgan fingerprint density at radius 2 is 2.39 bits per heavy atom. The van der Waals surface area contributed by atoms with E-state index in [1.807, 2.05) is 0 Å². The molecule has 102 valence electrons. The summed E-state index contributed by atoms with van der Waals surface area (Å²) in [6, 6.07) is 0.325. The van der Waals surface area contributed by atoms with Crippen LogP contribution in [0.2, 0.25) is 0 Å².